The van der Waals surface area contributed by atoms with Gasteiger partial charge in [-0.25, -0.2) is 4.79 Å². The number of unbranched alkanes of at least 4 members (excludes halogenated alkanes) is 1. The van der Waals surface area contributed by atoms with Crippen molar-refractivity contribution in [3.63, 3.8) is 0 Å². The zero-order valence-corrected chi connectivity index (χ0v) is 12.6. The number of nitrogens with one attached hydrogen (secondary N) is 1. The summed E-state index contributed by atoms with van der Waals surface area (Å²) in [6, 6.07) is 9.15. The number of carbonyl (C=O) groups is 2. The van der Waals surface area contributed by atoms with Crippen LogP contribution in [0.2, 0.25) is 0 Å². The van der Waals surface area contributed by atoms with E-state index in [0.717, 1.165) is 18.4 Å². The van der Waals surface area contributed by atoms with E-state index in [9.17, 15) is 9.59 Å². The normalized spacial score (nSPS) is 11.5. The molecule has 1 amide bonds. The van der Waals surface area contributed by atoms with Crippen LogP contribution in [0.1, 0.15) is 38.7 Å². The molecule has 1 aromatic carbocycles. The molecule has 0 heterocycles. The molecule has 0 aliphatic rings. The second-order valence-corrected chi connectivity index (χ2v) is 4.89. The van der Waals surface area contributed by atoms with E-state index in [-0.39, 0.29) is 25.2 Å². The Morgan fingerprint density at radius 3 is 2.57 bits per heavy atom. The predicted octanol–water partition coefficient (Wildman–Crippen LogP) is 3.03. The fourth-order valence-electron chi connectivity index (χ4n) is 1.62. The van der Waals surface area contributed by atoms with Crippen molar-refractivity contribution in [2.24, 2.45) is 0 Å². The van der Waals surface area contributed by atoms with Crippen molar-refractivity contribution < 1.29 is 19.1 Å². The molecule has 5 nitrogen and oxygen atoms in total. The van der Waals surface area contributed by atoms with Crippen LogP contribution in [-0.2, 0) is 20.9 Å². The van der Waals surface area contributed by atoms with Gasteiger partial charge in [-0.3, -0.25) is 4.79 Å². The second-order valence-electron chi connectivity index (χ2n) is 4.89. The molecule has 0 saturated heterocycles. The van der Waals surface area contributed by atoms with Crippen LogP contribution >= 0.6 is 0 Å². The van der Waals surface area contributed by atoms with E-state index in [1.807, 2.05) is 37.3 Å². The van der Waals surface area contributed by atoms with Gasteiger partial charge < -0.3 is 14.8 Å². The molecule has 0 radical (unpaired) electrons. The van der Waals surface area contributed by atoms with Crippen LogP contribution in [0.4, 0.5) is 4.79 Å². The number of hydrogen-bond acceptors (Lipinski definition) is 4. The molecule has 1 unspecified atom stereocenters. The Kier molecular flexibility index (Phi) is 7.94. The highest BCUT2D eigenvalue weighted by Gasteiger charge is 2.11. The molecule has 0 aromatic heterocycles. The number of amides is 1. The molecular weight excluding hydrogens is 270 g/mol. The van der Waals surface area contributed by atoms with E-state index in [1.54, 1.807) is 6.92 Å². The monoisotopic (exact) mass is 293 g/mol. The molecular formula is C16H23NO4. The molecule has 1 rings (SSSR count). The van der Waals surface area contributed by atoms with Gasteiger partial charge in [-0.15, -0.1) is 0 Å². The summed E-state index contributed by atoms with van der Waals surface area (Å²) in [6.45, 7) is 4.15. The van der Waals surface area contributed by atoms with Crippen molar-refractivity contribution >= 4 is 12.1 Å². The number of carbonyl (C=O) groups excluding carboxylic acids is 2. The highest BCUT2D eigenvalue weighted by molar-refractivity contribution is 5.69. The number of alkyl carbamates (subject to hydrolysis) is 1. The lowest BCUT2D eigenvalue weighted by atomic mass is 10.2. The minimum absolute atomic E-state index is 0.156. The van der Waals surface area contributed by atoms with Crippen LogP contribution in [0.3, 0.4) is 0 Å². The molecule has 0 bridgehead atoms. The topological polar surface area (TPSA) is 64.6 Å². The SMILES string of the molecule is CCCCC(=O)OCC(C)NC(=O)OCc1ccccc1. The fourth-order valence-corrected chi connectivity index (χ4v) is 1.62. The van der Waals surface area contributed by atoms with Gasteiger partial charge in [0, 0.05) is 6.42 Å². The lowest BCUT2D eigenvalue weighted by molar-refractivity contribution is -0.144. The van der Waals surface area contributed by atoms with Gasteiger partial charge >= 0.3 is 12.1 Å². The molecule has 0 aliphatic heterocycles. The third kappa shape index (κ3) is 7.97. The first-order chi connectivity index (χ1) is 10.1. The zero-order valence-electron chi connectivity index (χ0n) is 12.6. The molecule has 1 N–H and O–H groups in total. The van der Waals surface area contributed by atoms with Gasteiger partial charge in [0.15, 0.2) is 0 Å². The molecule has 0 saturated carbocycles. The maximum absolute atomic E-state index is 11.6. The number of rotatable bonds is 8. The number of hydrogen-bond donors (Lipinski definition) is 1. The first kappa shape index (κ1) is 17.0. The van der Waals surface area contributed by atoms with E-state index in [4.69, 9.17) is 9.47 Å². The summed E-state index contributed by atoms with van der Waals surface area (Å²) in [5.41, 5.74) is 0.922. The van der Waals surface area contributed by atoms with Crippen LogP contribution in [-0.4, -0.2) is 24.7 Å². The van der Waals surface area contributed by atoms with Crippen molar-refractivity contribution in [2.75, 3.05) is 6.61 Å². The minimum Gasteiger partial charge on any atom is -0.463 e. The third-order valence-corrected chi connectivity index (χ3v) is 2.81. The van der Waals surface area contributed by atoms with Gasteiger partial charge in [0.05, 0.1) is 6.04 Å². The molecule has 5 heteroatoms. The minimum atomic E-state index is -0.518. The molecule has 1 atom stereocenters. The molecule has 0 aliphatic carbocycles. The van der Waals surface area contributed by atoms with Crippen LogP contribution in [0.25, 0.3) is 0 Å². The van der Waals surface area contributed by atoms with Crippen LogP contribution < -0.4 is 5.32 Å². The van der Waals surface area contributed by atoms with E-state index < -0.39 is 6.09 Å². The highest BCUT2D eigenvalue weighted by atomic mass is 16.6. The van der Waals surface area contributed by atoms with Crippen LogP contribution in [0.5, 0.6) is 0 Å². The Labute approximate surface area is 125 Å². The number of ether oxygens (including phenoxy) is 2. The Morgan fingerprint density at radius 1 is 1.19 bits per heavy atom. The summed E-state index contributed by atoms with van der Waals surface area (Å²) < 4.78 is 10.1. The average Bonchev–Trinajstić information content (AvgIpc) is 2.50. The summed E-state index contributed by atoms with van der Waals surface area (Å²) in [5, 5.41) is 2.62. The van der Waals surface area contributed by atoms with Gasteiger partial charge in [0.2, 0.25) is 0 Å². The summed E-state index contributed by atoms with van der Waals surface area (Å²) in [6.07, 6.45) is 1.67. The largest absolute Gasteiger partial charge is 0.463 e. The molecule has 1 aromatic rings. The maximum Gasteiger partial charge on any atom is 0.407 e. The van der Waals surface area contributed by atoms with E-state index in [2.05, 4.69) is 5.32 Å². The Hall–Kier alpha value is -2.04. The van der Waals surface area contributed by atoms with E-state index in [1.165, 1.54) is 0 Å². The predicted molar refractivity (Wildman–Crippen MR) is 79.7 cm³/mol. The van der Waals surface area contributed by atoms with Gasteiger partial charge in [-0.2, -0.15) is 0 Å². The lowest BCUT2D eigenvalue weighted by Gasteiger charge is -2.14. The summed E-state index contributed by atoms with van der Waals surface area (Å²) >= 11 is 0. The van der Waals surface area contributed by atoms with Crippen molar-refractivity contribution in [3.8, 4) is 0 Å². The fraction of sp³-hybridized carbons (Fsp3) is 0.500. The zero-order chi connectivity index (χ0) is 15.5. The molecule has 0 fully saturated rings. The number of esters is 1. The van der Waals surface area contributed by atoms with Gasteiger partial charge in [0.25, 0.3) is 0 Å². The summed E-state index contributed by atoms with van der Waals surface area (Å²) in [4.78, 5) is 22.9. The summed E-state index contributed by atoms with van der Waals surface area (Å²) in [5.74, 6) is -0.233. The molecule has 0 spiro atoms. The average molecular weight is 293 g/mol. The molecule has 116 valence electrons. The van der Waals surface area contributed by atoms with Gasteiger partial charge in [-0.1, -0.05) is 43.7 Å². The molecule has 21 heavy (non-hydrogen) atoms. The lowest BCUT2D eigenvalue weighted by Crippen LogP contribution is -2.36. The van der Waals surface area contributed by atoms with Gasteiger partial charge in [0.1, 0.15) is 13.2 Å². The number of benzene rings is 1. The Bertz CT molecular complexity index is 433. The van der Waals surface area contributed by atoms with Crippen molar-refractivity contribution in [1.82, 2.24) is 5.32 Å². The van der Waals surface area contributed by atoms with Crippen molar-refractivity contribution in [2.45, 2.75) is 45.8 Å². The maximum atomic E-state index is 11.6. The first-order valence-corrected chi connectivity index (χ1v) is 7.24. The van der Waals surface area contributed by atoms with Crippen LogP contribution in [0, 0.1) is 0 Å². The van der Waals surface area contributed by atoms with E-state index in [0.29, 0.717) is 6.42 Å². The van der Waals surface area contributed by atoms with Crippen LogP contribution in [0.15, 0.2) is 30.3 Å². The summed E-state index contributed by atoms with van der Waals surface area (Å²) in [7, 11) is 0. The second kappa shape index (κ2) is 9.80. The Balaban J connectivity index is 2.17. The quantitative estimate of drug-likeness (QED) is 0.748. The Morgan fingerprint density at radius 2 is 1.90 bits per heavy atom. The van der Waals surface area contributed by atoms with Crippen molar-refractivity contribution in [3.05, 3.63) is 35.9 Å². The van der Waals surface area contributed by atoms with E-state index >= 15 is 0 Å². The van der Waals surface area contributed by atoms with Crippen molar-refractivity contribution in [1.29, 1.82) is 0 Å². The van der Waals surface area contributed by atoms with Gasteiger partial charge in [-0.05, 0) is 18.9 Å². The smallest absolute Gasteiger partial charge is 0.407 e. The third-order valence-electron chi connectivity index (χ3n) is 2.81. The first-order valence-electron chi connectivity index (χ1n) is 7.24. The standard InChI is InChI=1S/C16H23NO4/c1-3-4-10-15(18)20-11-13(2)17-16(19)21-12-14-8-6-5-7-9-14/h5-9,13H,3-4,10-12H2,1-2H3,(H,17,19). The highest BCUT2D eigenvalue weighted by Crippen LogP contribution is 2.01.